The van der Waals surface area contributed by atoms with Crippen molar-refractivity contribution < 1.29 is 9.90 Å². The van der Waals surface area contributed by atoms with E-state index < -0.39 is 5.97 Å². The highest BCUT2D eigenvalue weighted by Gasteiger charge is 2.06. The molecule has 0 atom stereocenters. The summed E-state index contributed by atoms with van der Waals surface area (Å²) in [5.41, 5.74) is 1.18. The molecular weight excluding hydrogens is 224 g/mol. The lowest BCUT2D eigenvalue weighted by molar-refractivity contribution is 0.0697. The minimum absolute atomic E-state index is 0.297. The predicted octanol–water partition coefficient (Wildman–Crippen LogP) is 1.94. The van der Waals surface area contributed by atoms with Crippen molar-refractivity contribution >= 4 is 29.3 Å². The predicted molar refractivity (Wildman–Crippen MR) is 66.7 cm³/mol. The molecule has 1 aliphatic rings. The molecule has 5 heteroatoms. The summed E-state index contributed by atoms with van der Waals surface area (Å²) in [6.45, 7) is 0.847. The van der Waals surface area contributed by atoms with Gasteiger partial charge < -0.3 is 10.4 Å². The van der Waals surface area contributed by atoms with Crippen LogP contribution in [0.15, 0.2) is 29.3 Å². The van der Waals surface area contributed by atoms with E-state index in [9.17, 15) is 4.79 Å². The van der Waals surface area contributed by atoms with Crippen molar-refractivity contribution in [2.75, 3.05) is 23.4 Å². The molecule has 16 heavy (non-hydrogen) atoms. The van der Waals surface area contributed by atoms with Gasteiger partial charge in [-0.2, -0.15) is 11.8 Å². The van der Waals surface area contributed by atoms with Crippen LogP contribution in [0.5, 0.6) is 0 Å². The number of hydrogen-bond acceptors (Lipinski definition) is 4. The molecule has 84 valence electrons. The van der Waals surface area contributed by atoms with Crippen LogP contribution < -0.4 is 5.32 Å². The Balaban J connectivity index is 2.04. The molecule has 1 aliphatic heterocycles. The zero-order chi connectivity index (χ0) is 11.4. The molecule has 1 aromatic carbocycles. The van der Waals surface area contributed by atoms with Crippen LogP contribution in [-0.2, 0) is 0 Å². The standard InChI is InChI=1S/C11H12N2O2S/c14-11(15)8-1-3-9(4-2-8)13-10-7-16-6-5-12-10/h1-4H,5-7H2,(H,12,13)(H,14,15). The molecule has 0 aromatic heterocycles. The molecule has 0 saturated carbocycles. The molecule has 0 unspecified atom stereocenters. The minimum atomic E-state index is -0.905. The van der Waals surface area contributed by atoms with Gasteiger partial charge in [-0.05, 0) is 24.3 Å². The van der Waals surface area contributed by atoms with Crippen molar-refractivity contribution in [3.8, 4) is 0 Å². The summed E-state index contributed by atoms with van der Waals surface area (Å²) >= 11 is 1.84. The smallest absolute Gasteiger partial charge is 0.335 e. The molecule has 2 N–H and O–H groups in total. The van der Waals surface area contributed by atoms with E-state index in [0.717, 1.165) is 29.6 Å². The number of amidine groups is 1. The van der Waals surface area contributed by atoms with E-state index in [1.807, 2.05) is 11.8 Å². The fourth-order valence-corrected chi connectivity index (χ4v) is 2.12. The van der Waals surface area contributed by atoms with Crippen LogP contribution in [0.25, 0.3) is 0 Å². The third-order valence-corrected chi connectivity index (χ3v) is 3.15. The van der Waals surface area contributed by atoms with Crippen LogP contribution in [0, 0.1) is 0 Å². The van der Waals surface area contributed by atoms with Gasteiger partial charge in [0.2, 0.25) is 0 Å². The molecule has 1 heterocycles. The van der Waals surface area contributed by atoms with Gasteiger partial charge in [0, 0.05) is 11.4 Å². The normalized spacial score (nSPS) is 15.4. The lowest BCUT2D eigenvalue weighted by Crippen LogP contribution is -2.19. The second-order valence-corrected chi connectivity index (χ2v) is 4.49. The average molecular weight is 236 g/mol. The fourth-order valence-electron chi connectivity index (χ4n) is 1.40. The molecule has 4 nitrogen and oxygen atoms in total. The van der Waals surface area contributed by atoms with Gasteiger partial charge in [0.15, 0.2) is 0 Å². The van der Waals surface area contributed by atoms with E-state index in [0.29, 0.717) is 5.56 Å². The molecule has 2 rings (SSSR count). The SMILES string of the molecule is O=C(O)c1ccc(NC2=NCCSC2)cc1. The number of anilines is 1. The van der Waals surface area contributed by atoms with Crippen LogP contribution in [0.1, 0.15) is 10.4 Å². The number of thioether (sulfide) groups is 1. The highest BCUT2D eigenvalue weighted by Crippen LogP contribution is 2.13. The van der Waals surface area contributed by atoms with Crippen LogP contribution >= 0.6 is 11.8 Å². The van der Waals surface area contributed by atoms with E-state index in [-0.39, 0.29) is 0 Å². The molecule has 0 aliphatic carbocycles. The van der Waals surface area contributed by atoms with Crippen molar-refractivity contribution in [2.45, 2.75) is 0 Å². The van der Waals surface area contributed by atoms with Gasteiger partial charge in [-0.25, -0.2) is 4.79 Å². The molecule has 0 bridgehead atoms. The van der Waals surface area contributed by atoms with Gasteiger partial charge in [0.05, 0.1) is 17.9 Å². The van der Waals surface area contributed by atoms with Gasteiger partial charge in [-0.15, -0.1) is 0 Å². The van der Waals surface area contributed by atoms with Crippen LogP contribution in [0.3, 0.4) is 0 Å². The number of aliphatic imine (C=N–C) groups is 1. The summed E-state index contributed by atoms with van der Waals surface area (Å²) in [6, 6.07) is 6.68. The Morgan fingerprint density at radius 1 is 1.38 bits per heavy atom. The van der Waals surface area contributed by atoms with Crippen molar-refractivity contribution in [3.63, 3.8) is 0 Å². The Kier molecular flexibility index (Phi) is 3.46. The summed E-state index contributed by atoms with van der Waals surface area (Å²) in [7, 11) is 0. The summed E-state index contributed by atoms with van der Waals surface area (Å²) < 4.78 is 0. The number of carboxylic acids is 1. The maximum Gasteiger partial charge on any atom is 0.335 e. The Morgan fingerprint density at radius 3 is 2.69 bits per heavy atom. The third-order valence-electron chi connectivity index (χ3n) is 2.20. The second kappa shape index (κ2) is 5.03. The highest BCUT2D eigenvalue weighted by atomic mass is 32.2. The summed E-state index contributed by atoms with van der Waals surface area (Å²) in [5.74, 6) is 2.01. The average Bonchev–Trinajstić information content (AvgIpc) is 2.31. The van der Waals surface area contributed by atoms with Crippen LogP contribution in [0.2, 0.25) is 0 Å². The van der Waals surface area contributed by atoms with Crippen molar-refractivity contribution in [2.24, 2.45) is 4.99 Å². The first-order chi connectivity index (χ1) is 7.75. The van der Waals surface area contributed by atoms with E-state index in [2.05, 4.69) is 10.3 Å². The van der Waals surface area contributed by atoms with Crippen LogP contribution in [-0.4, -0.2) is 35.0 Å². The monoisotopic (exact) mass is 236 g/mol. The molecule has 0 spiro atoms. The number of aromatic carboxylic acids is 1. The maximum absolute atomic E-state index is 10.7. The summed E-state index contributed by atoms with van der Waals surface area (Å²) in [4.78, 5) is 15.0. The minimum Gasteiger partial charge on any atom is -0.478 e. The van der Waals surface area contributed by atoms with Crippen molar-refractivity contribution in [1.82, 2.24) is 0 Å². The summed E-state index contributed by atoms with van der Waals surface area (Å²) in [5, 5.41) is 11.9. The van der Waals surface area contributed by atoms with Gasteiger partial charge in [0.1, 0.15) is 5.84 Å². The number of carboxylic acid groups (broad SMARTS) is 1. The molecule has 1 aromatic rings. The quantitative estimate of drug-likeness (QED) is 0.823. The molecule has 0 amide bonds. The second-order valence-electron chi connectivity index (χ2n) is 3.39. The number of hydrogen-bond donors (Lipinski definition) is 2. The highest BCUT2D eigenvalue weighted by molar-refractivity contribution is 8.00. The first-order valence-corrected chi connectivity index (χ1v) is 6.12. The molecule has 0 fully saturated rings. The Morgan fingerprint density at radius 2 is 2.12 bits per heavy atom. The Bertz CT molecular complexity index is 414. The van der Waals surface area contributed by atoms with E-state index in [1.165, 1.54) is 0 Å². The number of nitrogens with one attached hydrogen (secondary N) is 1. The number of carbonyl (C=O) groups is 1. The van der Waals surface area contributed by atoms with Gasteiger partial charge in [0.25, 0.3) is 0 Å². The van der Waals surface area contributed by atoms with E-state index >= 15 is 0 Å². The Hall–Kier alpha value is -1.49. The van der Waals surface area contributed by atoms with Crippen molar-refractivity contribution in [3.05, 3.63) is 29.8 Å². The number of nitrogens with zero attached hydrogens (tertiary/aromatic N) is 1. The first kappa shape index (κ1) is 11.0. The number of benzene rings is 1. The largest absolute Gasteiger partial charge is 0.478 e. The summed E-state index contributed by atoms with van der Waals surface area (Å²) in [6.07, 6.45) is 0. The van der Waals surface area contributed by atoms with E-state index in [1.54, 1.807) is 24.3 Å². The Labute approximate surface area is 97.8 Å². The molecule has 0 radical (unpaired) electrons. The fraction of sp³-hybridized carbons (Fsp3) is 0.273. The number of rotatable bonds is 2. The van der Waals surface area contributed by atoms with Crippen LogP contribution in [0.4, 0.5) is 5.69 Å². The lowest BCUT2D eigenvalue weighted by Gasteiger charge is -2.13. The van der Waals surface area contributed by atoms with E-state index in [4.69, 9.17) is 5.11 Å². The molecular formula is C11H12N2O2S. The third kappa shape index (κ3) is 2.76. The van der Waals surface area contributed by atoms with Gasteiger partial charge >= 0.3 is 5.97 Å². The lowest BCUT2D eigenvalue weighted by atomic mass is 10.2. The van der Waals surface area contributed by atoms with Gasteiger partial charge in [-0.3, -0.25) is 4.99 Å². The van der Waals surface area contributed by atoms with Crippen molar-refractivity contribution in [1.29, 1.82) is 0 Å². The first-order valence-electron chi connectivity index (χ1n) is 4.97. The molecule has 0 saturated heterocycles. The zero-order valence-electron chi connectivity index (χ0n) is 8.64. The topological polar surface area (TPSA) is 61.7 Å². The maximum atomic E-state index is 10.7. The zero-order valence-corrected chi connectivity index (χ0v) is 9.46. The van der Waals surface area contributed by atoms with Gasteiger partial charge in [-0.1, -0.05) is 0 Å².